The second-order valence-electron chi connectivity index (χ2n) is 3.86. The lowest BCUT2D eigenvalue weighted by atomic mass is 9.98. The molecular weight excluding hydrogens is 194 g/mol. The first-order valence-electron chi connectivity index (χ1n) is 5.38. The average Bonchev–Trinajstić information content (AvgIpc) is 2.71. The molecule has 0 atom stereocenters. The molecule has 5 heteroatoms. The summed E-state index contributed by atoms with van der Waals surface area (Å²) in [5.41, 5.74) is 0. The van der Waals surface area contributed by atoms with Gasteiger partial charge in [-0.1, -0.05) is 6.42 Å². The van der Waals surface area contributed by atoms with Crippen LogP contribution >= 0.6 is 0 Å². The molecule has 0 aliphatic heterocycles. The van der Waals surface area contributed by atoms with Crippen molar-refractivity contribution in [3.05, 3.63) is 12.2 Å². The SMILES string of the molecule is O=C(Cc1ncn[nH]1)OC1CCCCC1. The summed E-state index contributed by atoms with van der Waals surface area (Å²) in [5, 5.41) is 6.32. The number of ether oxygens (including phenoxy) is 1. The quantitative estimate of drug-likeness (QED) is 0.760. The van der Waals surface area contributed by atoms with Crippen LogP contribution in [0.2, 0.25) is 0 Å². The molecule has 0 spiro atoms. The van der Waals surface area contributed by atoms with Gasteiger partial charge in [-0.3, -0.25) is 9.89 Å². The first kappa shape index (κ1) is 10.1. The van der Waals surface area contributed by atoms with Gasteiger partial charge in [0.25, 0.3) is 0 Å². The minimum Gasteiger partial charge on any atom is -0.462 e. The molecule has 15 heavy (non-hydrogen) atoms. The Kier molecular flexibility index (Phi) is 3.32. The molecule has 0 aromatic carbocycles. The van der Waals surface area contributed by atoms with E-state index >= 15 is 0 Å². The summed E-state index contributed by atoms with van der Waals surface area (Å²) >= 11 is 0. The summed E-state index contributed by atoms with van der Waals surface area (Å²) < 4.78 is 5.34. The maximum atomic E-state index is 11.5. The Labute approximate surface area is 88.2 Å². The molecule has 1 saturated carbocycles. The number of aromatic nitrogens is 3. The summed E-state index contributed by atoms with van der Waals surface area (Å²) in [6.45, 7) is 0. The monoisotopic (exact) mass is 209 g/mol. The van der Waals surface area contributed by atoms with Crippen LogP contribution < -0.4 is 0 Å². The molecule has 0 amide bonds. The zero-order chi connectivity index (χ0) is 10.5. The first-order chi connectivity index (χ1) is 7.34. The second kappa shape index (κ2) is 4.91. The first-order valence-corrected chi connectivity index (χ1v) is 5.38. The van der Waals surface area contributed by atoms with E-state index in [9.17, 15) is 4.79 Å². The van der Waals surface area contributed by atoms with E-state index in [1.807, 2.05) is 0 Å². The van der Waals surface area contributed by atoms with E-state index in [1.165, 1.54) is 25.6 Å². The van der Waals surface area contributed by atoms with Crippen LogP contribution in [0.5, 0.6) is 0 Å². The minimum atomic E-state index is -0.210. The molecule has 1 heterocycles. The Bertz CT molecular complexity index is 304. The number of H-pyrrole nitrogens is 1. The zero-order valence-electron chi connectivity index (χ0n) is 8.61. The van der Waals surface area contributed by atoms with Gasteiger partial charge in [-0.25, -0.2) is 4.98 Å². The normalized spacial score (nSPS) is 17.6. The summed E-state index contributed by atoms with van der Waals surface area (Å²) in [6.07, 6.45) is 7.30. The van der Waals surface area contributed by atoms with Gasteiger partial charge in [-0.05, 0) is 25.7 Å². The van der Waals surface area contributed by atoms with Gasteiger partial charge in [0.1, 0.15) is 24.7 Å². The number of aromatic amines is 1. The van der Waals surface area contributed by atoms with Crippen LogP contribution in [-0.2, 0) is 16.0 Å². The Hall–Kier alpha value is -1.39. The van der Waals surface area contributed by atoms with Crippen LogP contribution in [0, 0.1) is 0 Å². The van der Waals surface area contributed by atoms with Gasteiger partial charge in [-0.15, -0.1) is 0 Å². The number of nitrogens with zero attached hydrogens (tertiary/aromatic N) is 2. The number of carbonyl (C=O) groups excluding carboxylic acids is 1. The van der Waals surface area contributed by atoms with E-state index in [-0.39, 0.29) is 18.5 Å². The second-order valence-corrected chi connectivity index (χ2v) is 3.86. The molecule has 1 aliphatic rings. The largest absolute Gasteiger partial charge is 0.462 e. The van der Waals surface area contributed by atoms with Crippen LogP contribution in [0.3, 0.4) is 0 Å². The summed E-state index contributed by atoms with van der Waals surface area (Å²) in [5.74, 6) is 0.356. The number of hydrogen-bond donors (Lipinski definition) is 1. The maximum absolute atomic E-state index is 11.5. The summed E-state index contributed by atoms with van der Waals surface area (Å²) in [7, 11) is 0. The van der Waals surface area contributed by atoms with Gasteiger partial charge >= 0.3 is 5.97 Å². The fourth-order valence-electron chi connectivity index (χ4n) is 1.86. The van der Waals surface area contributed by atoms with Crippen LogP contribution in [0.25, 0.3) is 0 Å². The van der Waals surface area contributed by atoms with Crippen molar-refractivity contribution in [2.24, 2.45) is 0 Å². The standard InChI is InChI=1S/C10H15N3O2/c14-10(6-9-11-7-12-13-9)15-8-4-2-1-3-5-8/h7-8H,1-6H2,(H,11,12,13). The van der Waals surface area contributed by atoms with Crippen molar-refractivity contribution in [2.75, 3.05) is 0 Å². The van der Waals surface area contributed by atoms with Crippen molar-refractivity contribution in [1.29, 1.82) is 0 Å². The van der Waals surface area contributed by atoms with Gasteiger partial charge in [0.05, 0.1) is 0 Å². The minimum absolute atomic E-state index is 0.120. The number of carbonyl (C=O) groups is 1. The number of nitrogens with one attached hydrogen (secondary N) is 1. The predicted molar refractivity (Wildman–Crippen MR) is 53.1 cm³/mol. The molecule has 1 aromatic heterocycles. The summed E-state index contributed by atoms with van der Waals surface area (Å²) in [4.78, 5) is 15.4. The average molecular weight is 209 g/mol. The molecule has 2 rings (SSSR count). The molecule has 5 nitrogen and oxygen atoms in total. The van der Waals surface area contributed by atoms with Gasteiger partial charge in [-0.2, -0.15) is 5.10 Å². The lowest BCUT2D eigenvalue weighted by Gasteiger charge is -2.21. The van der Waals surface area contributed by atoms with Crippen molar-refractivity contribution in [3.63, 3.8) is 0 Å². The highest BCUT2D eigenvalue weighted by molar-refractivity contribution is 5.71. The van der Waals surface area contributed by atoms with E-state index in [2.05, 4.69) is 15.2 Å². The van der Waals surface area contributed by atoms with Crippen LogP contribution in [0.1, 0.15) is 37.9 Å². The maximum Gasteiger partial charge on any atom is 0.313 e. The van der Waals surface area contributed by atoms with Crippen molar-refractivity contribution in [3.8, 4) is 0 Å². The van der Waals surface area contributed by atoms with E-state index in [0.717, 1.165) is 12.8 Å². The van der Waals surface area contributed by atoms with Crippen molar-refractivity contribution in [2.45, 2.75) is 44.6 Å². The smallest absolute Gasteiger partial charge is 0.313 e. The van der Waals surface area contributed by atoms with Gasteiger partial charge in [0.2, 0.25) is 0 Å². The number of hydrogen-bond acceptors (Lipinski definition) is 4. The Morgan fingerprint density at radius 2 is 2.27 bits per heavy atom. The number of esters is 1. The van der Waals surface area contributed by atoms with Gasteiger partial charge in [0, 0.05) is 0 Å². The highest BCUT2D eigenvalue weighted by Gasteiger charge is 2.18. The van der Waals surface area contributed by atoms with Crippen molar-refractivity contribution >= 4 is 5.97 Å². The van der Waals surface area contributed by atoms with Crippen LogP contribution in [0.4, 0.5) is 0 Å². The van der Waals surface area contributed by atoms with Crippen LogP contribution in [0.15, 0.2) is 6.33 Å². The molecule has 1 fully saturated rings. The van der Waals surface area contributed by atoms with Gasteiger partial charge < -0.3 is 4.74 Å². The third-order valence-electron chi connectivity index (χ3n) is 2.63. The molecule has 0 bridgehead atoms. The molecule has 0 radical (unpaired) electrons. The van der Waals surface area contributed by atoms with Crippen molar-refractivity contribution < 1.29 is 9.53 Å². The third kappa shape index (κ3) is 3.04. The Balaban J connectivity index is 1.76. The van der Waals surface area contributed by atoms with Crippen LogP contribution in [-0.4, -0.2) is 27.3 Å². The highest BCUT2D eigenvalue weighted by atomic mass is 16.5. The predicted octanol–water partition coefficient (Wildman–Crippen LogP) is 1.22. The Morgan fingerprint density at radius 1 is 1.47 bits per heavy atom. The zero-order valence-corrected chi connectivity index (χ0v) is 8.61. The third-order valence-corrected chi connectivity index (χ3v) is 2.63. The fraction of sp³-hybridized carbons (Fsp3) is 0.700. The fourth-order valence-corrected chi connectivity index (χ4v) is 1.86. The lowest BCUT2D eigenvalue weighted by molar-refractivity contribution is -0.149. The van der Waals surface area contributed by atoms with E-state index in [4.69, 9.17) is 4.74 Å². The molecule has 1 N–H and O–H groups in total. The molecule has 82 valence electrons. The van der Waals surface area contributed by atoms with E-state index < -0.39 is 0 Å². The van der Waals surface area contributed by atoms with E-state index in [0.29, 0.717) is 5.82 Å². The van der Waals surface area contributed by atoms with E-state index in [1.54, 1.807) is 0 Å². The molecule has 0 unspecified atom stereocenters. The molecule has 1 aliphatic carbocycles. The summed E-state index contributed by atoms with van der Waals surface area (Å²) in [6, 6.07) is 0. The van der Waals surface area contributed by atoms with Crippen molar-refractivity contribution in [1.82, 2.24) is 15.2 Å². The Morgan fingerprint density at radius 3 is 2.93 bits per heavy atom. The lowest BCUT2D eigenvalue weighted by Crippen LogP contribution is -2.22. The molecule has 0 saturated heterocycles. The molecular formula is C10H15N3O2. The van der Waals surface area contributed by atoms with Gasteiger partial charge in [0.15, 0.2) is 0 Å². The molecule has 1 aromatic rings. The number of rotatable bonds is 3. The topological polar surface area (TPSA) is 67.9 Å². The highest BCUT2D eigenvalue weighted by Crippen LogP contribution is 2.20.